The number of hydrogen-bond acceptors (Lipinski definition) is 3. The Bertz CT molecular complexity index is 845. The molecule has 0 saturated heterocycles. The lowest BCUT2D eigenvalue weighted by Crippen LogP contribution is -2.20. The van der Waals surface area contributed by atoms with Gasteiger partial charge in [-0.15, -0.1) is 0 Å². The summed E-state index contributed by atoms with van der Waals surface area (Å²) in [5.41, 5.74) is 2.25. The van der Waals surface area contributed by atoms with Gasteiger partial charge in [0.1, 0.15) is 0 Å². The van der Waals surface area contributed by atoms with E-state index in [2.05, 4.69) is 4.98 Å². The van der Waals surface area contributed by atoms with E-state index >= 15 is 0 Å². The number of nitrogens with zero attached hydrogens (tertiary/aromatic N) is 2. The van der Waals surface area contributed by atoms with Gasteiger partial charge < -0.3 is 0 Å². The first kappa shape index (κ1) is 14.9. The fourth-order valence-electron chi connectivity index (χ4n) is 2.18. The second-order valence-corrected chi connectivity index (χ2v) is 5.85. The van der Waals surface area contributed by atoms with E-state index in [0.717, 1.165) is 11.3 Å². The second kappa shape index (κ2) is 6.38. The summed E-state index contributed by atoms with van der Waals surface area (Å²) in [7, 11) is 0. The molecule has 22 heavy (non-hydrogen) atoms. The summed E-state index contributed by atoms with van der Waals surface area (Å²) in [6, 6.07) is 18.4. The van der Waals surface area contributed by atoms with Gasteiger partial charge in [-0.2, -0.15) is 0 Å². The Labute approximate surface area is 137 Å². The van der Waals surface area contributed by atoms with Crippen LogP contribution in [0.4, 0.5) is 0 Å². The number of thioether (sulfide) groups is 1. The minimum Gasteiger partial charge on any atom is -0.269 e. The van der Waals surface area contributed by atoms with Crippen molar-refractivity contribution in [3.05, 3.63) is 76.0 Å². The van der Waals surface area contributed by atoms with Gasteiger partial charge in [-0.05, 0) is 30.5 Å². The molecular formula is C17H13ClN2OS. The molecule has 0 aliphatic carbocycles. The SMILES string of the molecule is CSc1nc(-c2ccccc2)cc(=O)n1-c1ccc(Cl)cc1. The molecule has 0 fully saturated rings. The van der Waals surface area contributed by atoms with Crippen LogP contribution in [-0.2, 0) is 0 Å². The van der Waals surface area contributed by atoms with Crippen molar-refractivity contribution in [3.63, 3.8) is 0 Å². The van der Waals surface area contributed by atoms with Crippen molar-refractivity contribution in [3.8, 4) is 16.9 Å². The fourth-order valence-corrected chi connectivity index (χ4v) is 2.88. The summed E-state index contributed by atoms with van der Waals surface area (Å²) in [6.07, 6.45) is 1.91. The van der Waals surface area contributed by atoms with E-state index in [1.54, 1.807) is 22.8 Å². The fraction of sp³-hybridized carbons (Fsp3) is 0.0588. The van der Waals surface area contributed by atoms with Crippen molar-refractivity contribution in [1.82, 2.24) is 9.55 Å². The second-order valence-electron chi connectivity index (χ2n) is 4.64. The van der Waals surface area contributed by atoms with Gasteiger partial charge in [-0.3, -0.25) is 9.36 Å². The van der Waals surface area contributed by atoms with Gasteiger partial charge in [0.05, 0.1) is 11.4 Å². The summed E-state index contributed by atoms with van der Waals surface area (Å²) in [4.78, 5) is 17.2. The average molecular weight is 329 g/mol. The quantitative estimate of drug-likeness (QED) is 0.532. The van der Waals surface area contributed by atoms with Crippen molar-refractivity contribution in [2.75, 3.05) is 6.26 Å². The lowest BCUT2D eigenvalue weighted by atomic mass is 10.1. The number of hydrogen-bond donors (Lipinski definition) is 0. The summed E-state index contributed by atoms with van der Waals surface area (Å²) in [6.45, 7) is 0. The summed E-state index contributed by atoms with van der Waals surface area (Å²) in [5.74, 6) is 0. The maximum absolute atomic E-state index is 12.6. The van der Waals surface area contributed by atoms with Crippen LogP contribution in [0.25, 0.3) is 16.9 Å². The predicted octanol–water partition coefficient (Wildman–Crippen LogP) is 4.27. The van der Waals surface area contributed by atoms with Gasteiger partial charge in [-0.1, -0.05) is 53.7 Å². The lowest BCUT2D eigenvalue weighted by Gasteiger charge is -2.12. The third kappa shape index (κ3) is 2.93. The van der Waals surface area contributed by atoms with E-state index in [9.17, 15) is 4.79 Å². The van der Waals surface area contributed by atoms with Gasteiger partial charge in [-0.25, -0.2) is 4.98 Å². The molecule has 110 valence electrons. The molecule has 0 aliphatic rings. The van der Waals surface area contributed by atoms with Crippen molar-refractivity contribution in [2.45, 2.75) is 5.16 Å². The summed E-state index contributed by atoms with van der Waals surface area (Å²) < 4.78 is 1.59. The van der Waals surface area contributed by atoms with Crippen LogP contribution in [0.15, 0.2) is 70.6 Å². The molecule has 3 rings (SSSR count). The molecule has 5 heteroatoms. The zero-order valence-electron chi connectivity index (χ0n) is 11.9. The summed E-state index contributed by atoms with van der Waals surface area (Å²) in [5, 5.41) is 1.28. The van der Waals surface area contributed by atoms with Crippen molar-refractivity contribution >= 4 is 23.4 Å². The van der Waals surface area contributed by atoms with Crippen LogP contribution in [-0.4, -0.2) is 15.8 Å². The van der Waals surface area contributed by atoms with E-state index in [1.165, 1.54) is 11.8 Å². The van der Waals surface area contributed by atoms with Crippen LogP contribution in [0.5, 0.6) is 0 Å². The van der Waals surface area contributed by atoms with Crippen molar-refractivity contribution in [2.24, 2.45) is 0 Å². The number of aromatic nitrogens is 2. The zero-order chi connectivity index (χ0) is 15.5. The smallest absolute Gasteiger partial charge is 0.259 e. The van der Waals surface area contributed by atoms with Crippen LogP contribution in [0.3, 0.4) is 0 Å². The van der Waals surface area contributed by atoms with E-state index in [-0.39, 0.29) is 5.56 Å². The van der Waals surface area contributed by atoms with Crippen LogP contribution < -0.4 is 5.56 Å². The van der Waals surface area contributed by atoms with Crippen LogP contribution in [0.1, 0.15) is 0 Å². The van der Waals surface area contributed by atoms with Crippen LogP contribution >= 0.6 is 23.4 Å². The minimum absolute atomic E-state index is 0.111. The molecule has 0 saturated carbocycles. The molecule has 0 aliphatic heterocycles. The highest BCUT2D eigenvalue weighted by Gasteiger charge is 2.11. The topological polar surface area (TPSA) is 34.9 Å². The highest BCUT2D eigenvalue weighted by Crippen LogP contribution is 2.22. The standard InChI is InChI=1S/C17H13ClN2OS/c1-22-17-19-15(12-5-3-2-4-6-12)11-16(21)20(17)14-9-7-13(18)8-10-14/h2-11H,1H3. The third-order valence-electron chi connectivity index (χ3n) is 3.22. The summed E-state index contributed by atoms with van der Waals surface area (Å²) >= 11 is 7.35. The molecule has 0 atom stereocenters. The van der Waals surface area contributed by atoms with Gasteiger partial charge in [0, 0.05) is 16.7 Å². The first-order chi connectivity index (χ1) is 10.7. The van der Waals surface area contributed by atoms with E-state index in [0.29, 0.717) is 15.9 Å². The Morgan fingerprint density at radius 1 is 1.05 bits per heavy atom. The normalized spacial score (nSPS) is 10.6. The number of halogens is 1. The van der Waals surface area contributed by atoms with E-state index < -0.39 is 0 Å². The number of rotatable bonds is 3. The van der Waals surface area contributed by atoms with Gasteiger partial charge in [0.15, 0.2) is 5.16 Å². The zero-order valence-corrected chi connectivity index (χ0v) is 13.4. The maximum Gasteiger partial charge on any atom is 0.259 e. The van der Waals surface area contributed by atoms with Crippen molar-refractivity contribution < 1.29 is 0 Å². The highest BCUT2D eigenvalue weighted by molar-refractivity contribution is 7.98. The Hall–Kier alpha value is -2.04. The van der Waals surface area contributed by atoms with Crippen LogP contribution in [0.2, 0.25) is 5.02 Å². The molecule has 3 aromatic rings. The van der Waals surface area contributed by atoms with Gasteiger partial charge >= 0.3 is 0 Å². The Balaban J connectivity index is 2.17. The van der Waals surface area contributed by atoms with Gasteiger partial charge in [0.25, 0.3) is 5.56 Å². The molecule has 1 aromatic heterocycles. The third-order valence-corrected chi connectivity index (χ3v) is 4.12. The lowest BCUT2D eigenvalue weighted by molar-refractivity contribution is 0.802. The van der Waals surface area contributed by atoms with Crippen molar-refractivity contribution in [1.29, 1.82) is 0 Å². The first-order valence-corrected chi connectivity index (χ1v) is 8.29. The predicted molar refractivity (Wildman–Crippen MR) is 92.1 cm³/mol. The van der Waals surface area contributed by atoms with Crippen LogP contribution in [0, 0.1) is 0 Å². The molecular weight excluding hydrogens is 316 g/mol. The Kier molecular flexibility index (Phi) is 4.32. The highest BCUT2D eigenvalue weighted by atomic mass is 35.5. The molecule has 2 aromatic carbocycles. The first-order valence-electron chi connectivity index (χ1n) is 6.68. The molecule has 0 radical (unpaired) electrons. The Morgan fingerprint density at radius 3 is 2.36 bits per heavy atom. The average Bonchev–Trinajstić information content (AvgIpc) is 2.56. The Morgan fingerprint density at radius 2 is 1.73 bits per heavy atom. The van der Waals surface area contributed by atoms with E-state index in [1.807, 2.05) is 48.7 Å². The molecule has 0 bridgehead atoms. The molecule has 3 nitrogen and oxygen atoms in total. The molecule has 0 amide bonds. The monoisotopic (exact) mass is 328 g/mol. The minimum atomic E-state index is -0.111. The largest absolute Gasteiger partial charge is 0.269 e. The van der Waals surface area contributed by atoms with Gasteiger partial charge in [0.2, 0.25) is 0 Å². The molecule has 0 unspecified atom stereocenters. The molecule has 0 N–H and O–H groups in total. The molecule has 0 spiro atoms. The number of benzene rings is 2. The molecule has 1 heterocycles. The maximum atomic E-state index is 12.6. The van der Waals surface area contributed by atoms with E-state index in [4.69, 9.17) is 11.6 Å².